The number of hydrogen-bond acceptors (Lipinski definition) is 5. The number of carbonyl (C=O) groups is 2. The summed E-state index contributed by atoms with van der Waals surface area (Å²) in [7, 11) is 0. The number of carbonyl (C=O) groups excluding carboxylic acids is 2. The normalized spacial score (nSPS) is 13.8. The van der Waals surface area contributed by atoms with Gasteiger partial charge < -0.3 is 15.1 Å². The quantitative estimate of drug-likeness (QED) is 0.643. The van der Waals surface area contributed by atoms with Crippen molar-refractivity contribution >= 4 is 29.1 Å². The molecule has 2 amide bonds. The van der Waals surface area contributed by atoms with E-state index < -0.39 is 0 Å². The highest BCUT2D eigenvalue weighted by molar-refractivity contribution is 6.30. The molecular weight excluding hydrogens is 428 g/mol. The van der Waals surface area contributed by atoms with Gasteiger partial charge in [0.1, 0.15) is 0 Å². The second-order valence-electron chi connectivity index (χ2n) is 7.77. The van der Waals surface area contributed by atoms with E-state index in [4.69, 9.17) is 11.6 Å². The minimum atomic E-state index is -0.328. The molecule has 32 heavy (non-hydrogen) atoms. The lowest BCUT2D eigenvalue weighted by Gasteiger charge is -2.36. The molecule has 0 radical (unpaired) electrons. The molecule has 0 unspecified atom stereocenters. The van der Waals surface area contributed by atoms with Crippen LogP contribution in [0, 0.1) is 13.8 Å². The van der Waals surface area contributed by atoms with Crippen molar-refractivity contribution in [3.63, 3.8) is 0 Å². The number of anilines is 1. The summed E-state index contributed by atoms with van der Waals surface area (Å²) in [4.78, 5) is 33.3. The monoisotopic (exact) mass is 452 g/mol. The van der Waals surface area contributed by atoms with Gasteiger partial charge in [0.2, 0.25) is 5.91 Å². The van der Waals surface area contributed by atoms with Gasteiger partial charge in [-0.05, 0) is 56.3 Å². The molecule has 0 atom stereocenters. The Morgan fingerprint density at radius 3 is 2.34 bits per heavy atom. The summed E-state index contributed by atoms with van der Waals surface area (Å²) in [5, 5.41) is 7.79. The zero-order valence-electron chi connectivity index (χ0n) is 18.1. The van der Waals surface area contributed by atoms with Crippen molar-refractivity contribution in [3.8, 4) is 5.82 Å². The largest absolute Gasteiger partial charge is 0.368 e. The maximum absolute atomic E-state index is 12.5. The summed E-state index contributed by atoms with van der Waals surface area (Å²) in [5.74, 6) is 0.216. The van der Waals surface area contributed by atoms with Gasteiger partial charge in [-0.25, -0.2) is 9.67 Å². The summed E-state index contributed by atoms with van der Waals surface area (Å²) in [5.41, 5.74) is 3.36. The summed E-state index contributed by atoms with van der Waals surface area (Å²) in [6.07, 6.45) is 1.50. The number of hydrogen-bond donors (Lipinski definition) is 1. The highest BCUT2D eigenvalue weighted by Gasteiger charge is 2.22. The van der Waals surface area contributed by atoms with Gasteiger partial charge in [0, 0.05) is 48.8 Å². The summed E-state index contributed by atoms with van der Waals surface area (Å²) < 4.78 is 1.73. The van der Waals surface area contributed by atoms with E-state index in [9.17, 15) is 9.59 Å². The smallest absolute Gasteiger partial charge is 0.253 e. The van der Waals surface area contributed by atoms with E-state index in [2.05, 4.69) is 20.3 Å². The number of nitrogens with zero attached hydrogens (tertiary/aromatic N) is 5. The van der Waals surface area contributed by atoms with Gasteiger partial charge in [-0.1, -0.05) is 11.6 Å². The Balaban J connectivity index is 1.27. The number of aryl methyl sites for hydroxylation is 2. The van der Waals surface area contributed by atoms with Crippen LogP contribution in [-0.2, 0) is 4.79 Å². The second-order valence-corrected chi connectivity index (χ2v) is 8.21. The van der Waals surface area contributed by atoms with Crippen molar-refractivity contribution in [2.24, 2.45) is 0 Å². The van der Waals surface area contributed by atoms with Gasteiger partial charge in [-0.3, -0.25) is 9.59 Å². The zero-order chi connectivity index (χ0) is 22.7. The van der Waals surface area contributed by atoms with Crippen molar-refractivity contribution in [3.05, 3.63) is 70.6 Å². The average Bonchev–Trinajstić information content (AvgIpc) is 3.15. The molecule has 1 N–H and O–H groups in total. The van der Waals surface area contributed by atoms with Gasteiger partial charge in [-0.2, -0.15) is 5.10 Å². The summed E-state index contributed by atoms with van der Waals surface area (Å²) in [6, 6.07) is 13.1. The first kappa shape index (κ1) is 21.8. The molecule has 8 nitrogen and oxygen atoms in total. The molecule has 9 heteroatoms. The fraction of sp³-hybridized carbons (Fsp3) is 0.304. The SMILES string of the molecule is Cc1cc(C)n(-c2ccc(C(=O)NCC(=O)N3CCN(c4ccc(Cl)cc4)CC3)cn2)n1. The number of halogens is 1. The van der Waals surface area contributed by atoms with Crippen LogP contribution in [0.25, 0.3) is 5.82 Å². The maximum Gasteiger partial charge on any atom is 0.253 e. The average molecular weight is 453 g/mol. The first-order chi connectivity index (χ1) is 15.4. The maximum atomic E-state index is 12.5. The van der Waals surface area contributed by atoms with Crippen LogP contribution in [0.3, 0.4) is 0 Å². The van der Waals surface area contributed by atoms with Crippen molar-refractivity contribution in [2.45, 2.75) is 13.8 Å². The van der Waals surface area contributed by atoms with Crippen LogP contribution in [0.5, 0.6) is 0 Å². The van der Waals surface area contributed by atoms with Crippen molar-refractivity contribution < 1.29 is 9.59 Å². The van der Waals surface area contributed by atoms with Crippen molar-refractivity contribution in [2.75, 3.05) is 37.6 Å². The molecule has 0 aliphatic carbocycles. The van der Waals surface area contributed by atoms with Crippen LogP contribution in [0.1, 0.15) is 21.7 Å². The first-order valence-electron chi connectivity index (χ1n) is 10.5. The summed E-state index contributed by atoms with van der Waals surface area (Å²) in [6.45, 7) is 6.51. The van der Waals surface area contributed by atoms with E-state index in [1.165, 1.54) is 6.20 Å². The third-order valence-corrected chi connectivity index (χ3v) is 5.71. The highest BCUT2D eigenvalue weighted by Crippen LogP contribution is 2.19. The number of benzene rings is 1. The Morgan fingerprint density at radius 1 is 1.03 bits per heavy atom. The van der Waals surface area contributed by atoms with E-state index in [0.717, 1.165) is 30.2 Å². The lowest BCUT2D eigenvalue weighted by atomic mass is 10.2. The Hall–Kier alpha value is -3.39. The lowest BCUT2D eigenvalue weighted by molar-refractivity contribution is -0.130. The Kier molecular flexibility index (Phi) is 6.41. The van der Waals surface area contributed by atoms with Gasteiger partial charge in [0.15, 0.2) is 5.82 Å². The van der Waals surface area contributed by atoms with Crippen LogP contribution in [0.15, 0.2) is 48.7 Å². The minimum Gasteiger partial charge on any atom is -0.368 e. The number of pyridine rings is 1. The molecule has 1 aliphatic heterocycles. The molecule has 1 saturated heterocycles. The predicted octanol–water partition coefficient (Wildman–Crippen LogP) is 2.62. The molecule has 0 bridgehead atoms. The van der Waals surface area contributed by atoms with Crippen LogP contribution in [-0.4, -0.2) is 64.2 Å². The van der Waals surface area contributed by atoms with Gasteiger partial charge >= 0.3 is 0 Å². The fourth-order valence-corrected chi connectivity index (χ4v) is 3.87. The standard InChI is InChI=1S/C23H25ClN6O2/c1-16-13-17(2)30(27-16)21-8-3-18(14-25-21)23(32)26-15-22(31)29-11-9-28(10-12-29)20-6-4-19(24)5-7-20/h3-8,13-14H,9-12,15H2,1-2H3,(H,26,32). The zero-order valence-corrected chi connectivity index (χ0v) is 18.8. The molecule has 1 aliphatic rings. The predicted molar refractivity (Wildman–Crippen MR) is 123 cm³/mol. The third-order valence-electron chi connectivity index (χ3n) is 5.46. The van der Waals surface area contributed by atoms with E-state index in [-0.39, 0.29) is 18.4 Å². The molecule has 2 aromatic heterocycles. The molecular formula is C23H25ClN6O2. The first-order valence-corrected chi connectivity index (χ1v) is 10.8. The topological polar surface area (TPSA) is 83.4 Å². The number of amides is 2. The van der Waals surface area contributed by atoms with E-state index >= 15 is 0 Å². The number of aromatic nitrogens is 3. The van der Waals surface area contributed by atoms with Gasteiger partial charge in [0.25, 0.3) is 5.91 Å². The highest BCUT2D eigenvalue weighted by atomic mass is 35.5. The molecule has 0 saturated carbocycles. The Morgan fingerprint density at radius 2 is 1.75 bits per heavy atom. The van der Waals surface area contributed by atoms with Gasteiger partial charge in [0.05, 0.1) is 17.8 Å². The molecule has 3 heterocycles. The van der Waals surface area contributed by atoms with Crippen LogP contribution < -0.4 is 10.2 Å². The molecule has 4 rings (SSSR count). The molecule has 1 fully saturated rings. The Bertz CT molecular complexity index is 1100. The van der Waals surface area contributed by atoms with Crippen LogP contribution >= 0.6 is 11.6 Å². The molecule has 3 aromatic rings. The Labute approximate surface area is 191 Å². The van der Waals surface area contributed by atoms with Gasteiger partial charge in [-0.15, -0.1) is 0 Å². The third kappa shape index (κ3) is 4.91. The molecule has 166 valence electrons. The van der Waals surface area contributed by atoms with E-state index in [1.807, 2.05) is 44.2 Å². The molecule has 1 aromatic carbocycles. The van der Waals surface area contributed by atoms with E-state index in [1.54, 1.807) is 21.7 Å². The summed E-state index contributed by atoms with van der Waals surface area (Å²) >= 11 is 5.95. The van der Waals surface area contributed by atoms with Crippen molar-refractivity contribution in [1.82, 2.24) is 25.0 Å². The minimum absolute atomic E-state index is 0.0427. The van der Waals surface area contributed by atoms with E-state index in [0.29, 0.717) is 29.5 Å². The number of rotatable bonds is 5. The number of piperazine rings is 1. The van der Waals surface area contributed by atoms with Crippen LogP contribution in [0.4, 0.5) is 5.69 Å². The number of nitrogens with one attached hydrogen (secondary N) is 1. The molecule has 0 spiro atoms. The fourth-order valence-electron chi connectivity index (χ4n) is 3.74. The van der Waals surface area contributed by atoms with Crippen LogP contribution in [0.2, 0.25) is 5.02 Å². The lowest BCUT2D eigenvalue weighted by Crippen LogP contribution is -2.51. The second kappa shape index (κ2) is 9.40. The van der Waals surface area contributed by atoms with Crippen molar-refractivity contribution in [1.29, 1.82) is 0 Å².